The molecule has 2 atom stereocenters. The zero-order valence-electron chi connectivity index (χ0n) is 9.97. The molecule has 3 N–H and O–H groups in total. The molecule has 1 aliphatic rings. The zero-order valence-corrected chi connectivity index (χ0v) is 10.8. The van der Waals surface area contributed by atoms with Crippen molar-refractivity contribution in [2.75, 3.05) is 5.32 Å². The minimum atomic E-state index is -1.04. The highest BCUT2D eigenvalue weighted by Gasteiger charge is 2.41. The first-order valence-corrected chi connectivity index (χ1v) is 6.13. The molecule has 8 heteroatoms. The fraction of sp³-hybridized carbons (Fsp3) is 0.167. The molecule has 100 valence electrons. The molecule has 7 nitrogen and oxygen atoms in total. The number of anilines is 1. The van der Waals surface area contributed by atoms with Crippen LogP contribution in [0.25, 0.3) is 0 Å². The average molecular weight is 288 g/mol. The van der Waals surface area contributed by atoms with Crippen molar-refractivity contribution in [2.24, 2.45) is 5.92 Å². The molecule has 20 heavy (non-hydrogen) atoms. The number of H-pyrrole nitrogens is 2. The van der Waals surface area contributed by atoms with Crippen molar-refractivity contribution in [2.45, 2.75) is 5.92 Å². The summed E-state index contributed by atoms with van der Waals surface area (Å²) in [5.41, 5.74) is -0.217. The van der Waals surface area contributed by atoms with Gasteiger partial charge in [-0.25, -0.2) is 0 Å². The van der Waals surface area contributed by atoms with Crippen LogP contribution in [-0.2, 0) is 4.79 Å². The van der Waals surface area contributed by atoms with Gasteiger partial charge in [-0.3, -0.25) is 14.6 Å². The third-order valence-electron chi connectivity index (χ3n) is 3.14. The first-order chi connectivity index (χ1) is 9.61. The Morgan fingerprint density at radius 2 is 2.15 bits per heavy atom. The van der Waals surface area contributed by atoms with Gasteiger partial charge in [-0.1, -0.05) is 0 Å². The summed E-state index contributed by atoms with van der Waals surface area (Å²) in [5, 5.41) is 11.7. The van der Waals surface area contributed by atoms with Gasteiger partial charge in [0, 0.05) is 0 Å². The Morgan fingerprint density at radius 1 is 1.35 bits per heavy atom. The fourth-order valence-corrected chi connectivity index (χ4v) is 2.51. The number of nitrogens with zero attached hydrogens (tertiary/aromatic N) is 1. The standard InChI is InChI=1S/C12H8N4O3S/c13-4-5-7(6-2-1-3-19-6)8-9(14-10(5)17)15-12(20)16-11(8)18/h1-3,5,7H,(H3,14,15,16,17,18,20). The van der Waals surface area contributed by atoms with Gasteiger partial charge in [0.05, 0.1) is 23.8 Å². The maximum absolute atomic E-state index is 12.1. The number of nitrogens with one attached hydrogen (secondary N) is 3. The molecule has 0 fully saturated rings. The van der Waals surface area contributed by atoms with Crippen LogP contribution in [0.2, 0.25) is 0 Å². The van der Waals surface area contributed by atoms with Crippen LogP contribution in [0.5, 0.6) is 0 Å². The van der Waals surface area contributed by atoms with Crippen LogP contribution >= 0.6 is 12.2 Å². The van der Waals surface area contributed by atoms with Gasteiger partial charge >= 0.3 is 0 Å². The normalized spacial score (nSPS) is 20.9. The number of carbonyl (C=O) groups is 1. The fourth-order valence-electron chi connectivity index (χ4n) is 2.32. The lowest BCUT2D eigenvalue weighted by atomic mass is 9.82. The molecule has 2 aromatic rings. The molecule has 0 aromatic carbocycles. The molecule has 1 aliphatic heterocycles. The lowest BCUT2D eigenvalue weighted by Gasteiger charge is -2.26. The number of rotatable bonds is 1. The number of furan rings is 1. The third kappa shape index (κ3) is 1.76. The highest BCUT2D eigenvalue weighted by molar-refractivity contribution is 7.71. The Morgan fingerprint density at radius 3 is 2.80 bits per heavy atom. The van der Waals surface area contributed by atoms with E-state index >= 15 is 0 Å². The average Bonchev–Trinajstić information content (AvgIpc) is 2.90. The predicted octanol–water partition coefficient (Wildman–Crippen LogP) is 1.25. The number of nitriles is 1. The van der Waals surface area contributed by atoms with E-state index in [-0.39, 0.29) is 16.2 Å². The summed E-state index contributed by atoms with van der Waals surface area (Å²) in [7, 11) is 0. The second-order valence-corrected chi connectivity index (χ2v) is 4.69. The predicted molar refractivity (Wildman–Crippen MR) is 70.5 cm³/mol. The van der Waals surface area contributed by atoms with E-state index in [0.717, 1.165) is 0 Å². The largest absolute Gasteiger partial charge is 0.469 e. The molecule has 3 rings (SSSR count). The van der Waals surface area contributed by atoms with Gasteiger partial charge in [-0.15, -0.1) is 0 Å². The van der Waals surface area contributed by atoms with Crippen molar-refractivity contribution in [3.8, 4) is 6.07 Å². The summed E-state index contributed by atoms with van der Waals surface area (Å²) in [4.78, 5) is 29.3. The van der Waals surface area contributed by atoms with Crippen molar-refractivity contribution in [1.82, 2.24) is 9.97 Å². The van der Waals surface area contributed by atoms with Crippen LogP contribution < -0.4 is 10.9 Å². The van der Waals surface area contributed by atoms with Gasteiger partial charge in [0.2, 0.25) is 5.91 Å². The Kier molecular flexibility index (Phi) is 2.76. The Hall–Kier alpha value is -2.66. The number of hydrogen-bond donors (Lipinski definition) is 3. The van der Waals surface area contributed by atoms with E-state index in [9.17, 15) is 14.9 Å². The number of amides is 1. The number of aromatic amines is 2. The molecule has 0 saturated carbocycles. The second-order valence-electron chi connectivity index (χ2n) is 4.29. The minimum Gasteiger partial charge on any atom is -0.469 e. The van der Waals surface area contributed by atoms with Gasteiger partial charge in [0.25, 0.3) is 5.56 Å². The summed E-state index contributed by atoms with van der Waals surface area (Å²) in [6.07, 6.45) is 1.43. The summed E-state index contributed by atoms with van der Waals surface area (Å²) in [6.45, 7) is 0. The van der Waals surface area contributed by atoms with Crippen LogP contribution in [0.15, 0.2) is 27.6 Å². The Labute approximate surface area is 117 Å². The number of hydrogen-bond acceptors (Lipinski definition) is 5. The molecular formula is C12H8N4O3S. The van der Waals surface area contributed by atoms with Crippen LogP contribution in [0.4, 0.5) is 5.82 Å². The van der Waals surface area contributed by atoms with Crippen LogP contribution in [0, 0.1) is 22.0 Å². The van der Waals surface area contributed by atoms with E-state index in [0.29, 0.717) is 5.76 Å². The molecule has 3 heterocycles. The Bertz CT molecular complexity index is 828. The highest BCUT2D eigenvalue weighted by atomic mass is 32.1. The molecule has 2 unspecified atom stereocenters. The number of carbonyl (C=O) groups excluding carboxylic acids is 1. The third-order valence-corrected chi connectivity index (χ3v) is 3.35. The molecule has 0 bridgehead atoms. The van der Waals surface area contributed by atoms with E-state index < -0.39 is 23.3 Å². The molecule has 0 radical (unpaired) electrons. The van der Waals surface area contributed by atoms with E-state index in [1.54, 1.807) is 12.1 Å². The van der Waals surface area contributed by atoms with Gasteiger partial charge in [-0.05, 0) is 24.4 Å². The maximum Gasteiger partial charge on any atom is 0.257 e. The molecule has 2 aromatic heterocycles. The summed E-state index contributed by atoms with van der Waals surface area (Å²) in [5.74, 6) is -1.73. The summed E-state index contributed by atoms with van der Waals surface area (Å²) < 4.78 is 5.37. The molecule has 0 saturated heterocycles. The van der Waals surface area contributed by atoms with Crippen molar-refractivity contribution >= 4 is 23.9 Å². The van der Waals surface area contributed by atoms with Gasteiger partial charge in [-0.2, -0.15) is 5.26 Å². The maximum atomic E-state index is 12.1. The van der Waals surface area contributed by atoms with Crippen LogP contribution in [0.1, 0.15) is 17.2 Å². The number of fused-ring (bicyclic) bond motifs is 1. The summed E-state index contributed by atoms with van der Waals surface area (Å²) in [6, 6.07) is 5.17. The highest BCUT2D eigenvalue weighted by Crippen LogP contribution is 2.37. The summed E-state index contributed by atoms with van der Waals surface area (Å²) >= 11 is 4.87. The first kappa shape index (κ1) is 12.4. The van der Waals surface area contributed by atoms with Crippen molar-refractivity contribution in [3.05, 3.63) is 44.8 Å². The second kappa shape index (κ2) is 4.47. The smallest absolute Gasteiger partial charge is 0.257 e. The van der Waals surface area contributed by atoms with E-state index in [1.807, 2.05) is 6.07 Å². The topological polar surface area (TPSA) is 115 Å². The van der Waals surface area contributed by atoms with Crippen LogP contribution in [0.3, 0.4) is 0 Å². The zero-order chi connectivity index (χ0) is 14.3. The number of aromatic nitrogens is 2. The SMILES string of the molecule is N#CC1C(=O)Nc2[nH]c(=S)[nH]c(=O)c2C1c1ccco1. The van der Waals surface area contributed by atoms with Gasteiger partial charge in [0.1, 0.15) is 17.5 Å². The minimum absolute atomic E-state index is 0.0997. The van der Waals surface area contributed by atoms with E-state index in [4.69, 9.17) is 16.6 Å². The lowest BCUT2D eigenvalue weighted by molar-refractivity contribution is -0.119. The van der Waals surface area contributed by atoms with E-state index in [2.05, 4.69) is 15.3 Å². The lowest BCUT2D eigenvalue weighted by Crippen LogP contribution is -2.38. The monoisotopic (exact) mass is 288 g/mol. The Balaban J connectivity index is 2.31. The van der Waals surface area contributed by atoms with Crippen molar-refractivity contribution in [3.63, 3.8) is 0 Å². The van der Waals surface area contributed by atoms with E-state index in [1.165, 1.54) is 6.26 Å². The van der Waals surface area contributed by atoms with Crippen LogP contribution in [-0.4, -0.2) is 15.9 Å². The molecule has 0 aliphatic carbocycles. The van der Waals surface area contributed by atoms with Gasteiger partial charge < -0.3 is 14.7 Å². The quantitative estimate of drug-likeness (QED) is 0.683. The molecule has 1 amide bonds. The van der Waals surface area contributed by atoms with Gasteiger partial charge in [0.15, 0.2) is 4.77 Å². The first-order valence-electron chi connectivity index (χ1n) is 5.72. The van der Waals surface area contributed by atoms with Crippen molar-refractivity contribution in [1.29, 1.82) is 5.26 Å². The molecule has 0 spiro atoms. The molecular weight excluding hydrogens is 280 g/mol. The van der Waals surface area contributed by atoms with Crippen molar-refractivity contribution < 1.29 is 9.21 Å².